The molecule has 48 heavy (non-hydrogen) atoms. The lowest BCUT2D eigenvalue weighted by molar-refractivity contribution is -0.202. The minimum atomic E-state index is -3.58. The molecule has 0 aromatic carbocycles. The molecule has 0 saturated heterocycles. The van der Waals surface area contributed by atoms with E-state index in [-0.39, 0.29) is 54.0 Å². The molecular formula is C36H58ClO9PSi. The molecule has 12 heteroatoms. The second kappa shape index (κ2) is 13.8. The molecule has 0 aromatic rings. The van der Waals surface area contributed by atoms with E-state index in [9.17, 15) is 18.9 Å². The van der Waals surface area contributed by atoms with Crippen LogP contribution in [0.3, 0.4) is 0 Å². The molecule has 4 aliphatic carbocycles. The molecule has 0 bridgehead atoms. The van der Waals surface area contributed by atoms with Crippen molar-refractivity contribution in [2.75, 3.05) is 26.2 Å². The number of ether oxygens (including phenoxy) is 2. The van der Waals surface area contributed by atoms with Gasteiger partial charge in [0.1, 0.15) is 13.0 Å². The molecule has 0 amide bonds. The number of allylic oxidation sites excluding steroid dienone is 4. The van der Waals surface area contributed by atoms with E-state index in [1.54, 1.807) is 32.9 Å². The highest BCUT2D eigenvalue weighted by Gasteiger charge is 2.77. The predicted octanol–water partition coefficient (Wildman–Crippen LogP) is 8.40. The highest BCUT2D eigenvalue weighted by molar-refractivity contribution is 7.53. The molecule has 4 aliphatic rings. The predicted molar refractivity (Wildman–Crippen MR) is 190 cm³/mol. The maximum absolute atomic E-state index is 14.7. The van der Waals surface area contributed by atoms with Gasteiger partial charge in [-0.1, -0.05) is 60.1 Å². The first-order valence-electron chi connectivity index (χ1n) is 17.6. The molecule has 8 atom stereocenters. The van der Waals surface area contributed by atoms with Crippen molar-refractivity contribution in [2.24, 2.45) is 28.6 Å². The Morgan fingerprint density at radius 2 is 1.71 bits per heavy atom. The normalized spacial score (nSPS) is 36.6. The minimum Gasteiger partial charge on any atom is -0.450 e. The Morgan fingerprint density at radius 1 is 1.08 bits per heavy atom. The molecular weight excluding hydrogens is 671 g/mol. The highest BCUT2D eigenvalue weighted by atomic mass is 35.5. The summed E-state index contributed by atoms with van der Waals surface area (Å²) in [6, 6.07) is 0. The molecule has 0 aromatic heterocycles. The molecule has 0 aliphatic heterocycles. The van der Waals surface area contributed by atoms with Crippen LogP contribution in [0.1, 0.15) is 94.4 Å². The van der Waals surface area contributed by atoms with Crippen molar-refractivity contribution in [1.82, 2.24) is 0 Å². The van der Waals surface area contributed by atoms with Crippen LogP contribution in [-0.2, 0) is 41.9 Å². The van der Waals surface area contributed by atoms with Gasteiger partial charge in [-0.05, 0) is 81.7 Å². The van der Waals surface area contributed by atoms with Gasteiger partial charge >= 0.3 is 13.6 Å². The van der Waals surface area contributed by atoms with Crippen molar-refractivity contribution in [1.29, 1.82) is 0 Å². The van der Waals surface area contributed by atoms with E-state index in [0.717, 1.165) is 5.57 Å². The summed E-state index contributed by atoms with van der Waals surface area (Å²) < 4.78 is 43.5. The number of carbonyl (C=O) groups excluding carboxylic acids is 3. The van der Waals surface area contributed by atoms with Crippen LogP contribution in [0, 0.1) is 28.6 Å². The summed E-state index contributed by atoms with van der Waals surface area (Å²) in [5, 5.41) is -0.131. The van der Waals surface area contributed by atoms with Crippen molar-refractivity contribution in [3.05, 3.63) is 23.8 Å². The first-order chi connectivity index (χ1) is 22.1. The van der Waals surface area contributed by atoms with Gasteiger partial charge in [-0.3, -0.25) is 18.9 Å². The van der Waals surface area contributed by atoms with Crippen molar-refractivity contribution in [3.8, 4) is 0 Å². The Labute approximate surface area is 293 Å². The monoisotopic (exact) mass is 728 g/mol. The number of halogens is 1. The summed E-state index contributed by atoms with van der Waals surface area (Å²) in [4.78, 5) is 39.7. The fraction of sp³-hybridized carbons (Fsp3) is 0.806. The van der Waals surface area contributed by atoms with Crippen LogP contribution in [0.4, 0.5) is 0 Å². The van der Waals surface area contributed by atoms with Gasteiger partial charge in [0.05, 0.1) is 24.2 Å². The number of alkyl halides is 1. The first kappa shape index (κ1) is 39.6. The van der Waals surface area contributed by atoms with E-state index in [0.29, 0.717) is 25.7 Å². The van der Waals surface area contributed by atoms with E-state index in [2.05, 4.69) is 47.7 Å². The van der Waals surface area contributed by atoms with Gasteiger partial charge in [0.25, 0.3) is 0 Å². The standard InChI is InChI=1S/C36H58ClO9PSi/c1-12-31(40)45-36(29(39)22-42-23-47(41,43-13-2)44-14-3)24(4)19-28-27-16-15-25-20-26(38)17-18-33(25,8)35(27,37)30(21-34(28,36)9)46-48(10,11)32(5,6)7/h17-18,20,24,27-28,30H,12-16,19,21-23H2,1-11H3/t24-,27-,28-,30-,33-,34-,35-,36-/m0/s1. The quantitative estimate of drug-likeness (QED) is 0.0798. The van der Waals surface area contributed by atoms with E-state index in [1.807, 2.05) is 13.0 Å². The molecule has 0 spiro atoms. The van der Waals surface area contributed by atoms with Crippen molar-refractivity contribution in [2.45, 2.75) is 129 Å². The Morgan fingerprint density at radius 3 is 2.27 bits per heavy atom. The van der Waals surface area contributed by atoms with Crippen LogP contribution < -0.4 is 0 Å². The second-order valence-electron chi connectivity index (χ2n) is 16.2. The second-order valence-corrected chi connectivity index (χ2v) is 23.5. The minimum absolute atomic E-state index is 0.0347. The van der Waals surface area contributed by atoms with Crippen LogP contribution in [-0.4, -0.2) is 68.6 Å². The molecule has 272 valence electrons. The average Bonchev–Trinajstić information content (AvgIpc) is 3.19. The summed E-state index contributed by atoms with van der Waals surface area (Å²) in [7, 11) is -6.03. The Balaban J connectivity index is 1.85. The summed E-state index contributed by atoms with van der Waals surface area (Å²) in [6.45, 7) is 22.2. The van der Waals surface area contributed by atoms with Crippen LogP contribution in [0.2, 0.25) is 18.1 Å². The van der Waals surface area contributed by atoms with Crippen LogP contribution >= 0.6 is 19.2 Å². The number of esters is 1. The fourth-order valence-corrected chi connectivity index (χ4v) is 12.4. The Bertz CT molecular complexity index is 1380. The lowest BCUT2D eigenvalue weighted by Crippen LogP contribution is -2.71. The number of hydrogen-bond acceptors (Lipinski definition) is 9. The molecule has 3 fully saturated rings. The largest absolute Gasteiger partial charge is 0.450 e. The van der Waals surface area contributed by atoms with Gasteiger partial charge in [-0.15, -0.1) is 11.6 Å². The summed E-state index contributed by atoms with van der Waals surface area (Å²) in [6.07, 6.45) is 6.93. The highest BCUT2D eigenvalue weighted by Crippen LogP contribution is 2.73. The number of hydrogen-bond donors (Lipinski definition) is 0. The number of carbonyl (C=O) groups is 3. The number of rotatable bonds is 13. The van der Waals surface area contributed by atoms with E-state index < -0.39 is 62.2 Å². The topological polar surface area (TPSA) is 114 Å². The maximum Gasteiger partial charge on any atom is 0.356 e. The lowest BCUT2D eigenvalue weighted by atomic mass is 9.45. The van der Waals surface area contributed by atoms with Gasteiger partial charge < -0.3 is 22.9 Å². The number of fused-ring (bicyclic) bond motifs is 5. The van der Waals surface area contributed by atoms with E-state index >= 15 is 0 Å². The molecule has 3 saturated carbocycles. The molecule has 0 unspecified atom stereocenters. The molecule has 0 N–H and O–H groups in total. The number of ketones is 2. The third-order valence-corrected chi connectivity index (χ3v) is 19.7. The SMILES string of the molecule is CCOP(=O)(COCC(=O)[C@@]1(OC(=O)CC)[C@@H](C)C[C@H]2[C@@H]3CCC4=CC(=O)C=C[C@]4(C)[C@@]3(Cl)[C@@H](O[Si](C)(C)C(C)(C)C)C[C@@]21C)OCC. The number of Topliss-reactive ketones (excluding diaryl/α,β-unsaturated/α-hetero) is 1. The average molecular weight is 729 g/mol. The van der Waals surface area contributed by atoms with Gasteiger partial charge in [0, 0.05) is 23.2 Å². The fourth-order valence-electron chi connectivity index (χ4n) is 9.14. The summed E-state index contributed by atoms with van der Waals surface area (Å²) in [5.41, 5.74) is -2.03. The van der Waals surface area contributed by atoms with Gasteiger partial charge in [0.2, 0.25) is 5.78 Å². The Kier molecular flexibility index (Phi) is 11.4. The Hall–Kier alpha value is -1.13. The van der Waals surface area contributed by atoms with Crippen molar-refractivity contribution >= 4 is 45.0 Å². The van der Waals surface area contributed by atoms with Crippen LogP contribution in [0.5, 0.6) is 0 Å². The third kappa shape index (κ3) is 6.32. The smallest absolute Gasteiger partial charge is 0.356 e. The summed E-state index contributed by atoms with van der Waals surface area (Å²) in [5.74, 6) is -1.44. The van der Waals surface area contributed by atoms with Crippen molar-refractivity contribution in [3.63, 3.8) is 0 Å². The lowest BCUT2D eigenvalue weighted by Gasteiger charge is -2.66. The third-order valence-electron chi connectivity index (χ3n) is 12.5. The molecule has 0 heterocycles. The van der Waals surface area contributed by atoms with Gasteiger partial charge in [-0.25, -0.2) is 0 Å². The van der Waals surface area contributed by atoms with Crippen molar-refractivity contribution < 1.29 is 41.9 Å². The van der Waals surface area contributed by atoms with Gasteiger partial charge in [0.15, 0.2) is 19.7 Å². The first-order valence-corrected chi connectivity index (χ1v) is 22.7. The molecule has 9 nitrogen and oxygen atoms in total. The van der Waals surface area contributed by atoms with E-state index in [4.69, 9.17) is 34.5 Å². The van der Waals surface area contributed by atoms with Gasteiger partial charge in [-0.2, -0.15) is 0 Å². The zero-order chi connectivity index (χ0) is 36.1. The zero-order valence-electron chi connectivity index (χ0n) is 30.9. The maximum atomic E-state index is 14.7. The molecule has 4 rings (SSSR count). The zero-order valence-corrected chi connectivity index (χ0v) is 33.6. The molecule has 0 radical (unpaired) electrons. The van der Waals surface area contributed by atoms with Crippen LogP contribution in [0.25, 0.3) is 0 Å². The summed E-state index contributed by atoms with van der Waals surface area (Å²) >= 11 is 8.15. The van der Waals surface area contributed by atoms with Crippen LogP contribution in [0.15, 0.2) is 23.8 Å². The van der Waals surface area contributed by atoms with E-state index in [1.165, 1.54) is 0 Å².